The average molecular weight is 449 g/mol. The van der Waals surface area contributed by atoms with E-state index in [1.54, 1.807) is 6.92 Å². The Hall–Kier alpha value is -3.51. The van der Waals surface area contributed by atoms with Gasteiger partial charge in [0.05, 0.1) is 12.7 Å². The van der Waals surface area contributed by atoms with E-state index in [0.717, 1.165) is 0 Å². The van der Waals surface area contributed by atoms with E-state index in [2.05, 4.69) is 6.58 Å². The van der Waals surface area contributed by atoms with E-state index >= 15 is 0 Å². The van der Waals surface area contributed by atoms with Crippen molar-refractivity contribution >= 4 is 14.8 Å². The number of carbonyl (C=O) groups excluding carboxylic acids is 1. The second-order valence-corrected chi connectivity index (χ2v) is 9.78. The largest absolute Gasteiger partial charge is 0.699 e. The molecule has 0 saturated carbocycles. The van der Waals surface area contributed by atoms with Gasteiger partial charge in [0.15, 0.2) is 0 Å². The summed E-state index contributed by atoms with van der Waals surface area (Å²) >= 11 is 0. The molecular weight excluding hydrogens is 420 g/mol. The van der Waals surface area contributed by atoms with Crippen LogP contribution in [0.15, 0.2) is 103 Å². The Morgan fingerprint density at radius 2 is 1.12 bits per heavy atom. The number of hydrogen-bond donors (Lipinski definition) is 0. The summed E-state index contributed by atoms with van der Waals surface area (Å²) in [5, 5.41) is 0. The third kappa shape index (κ3) is 7.32. The topological polar surface area (TPSA) is 54.0 Å². The molecule has 6 heteroatoms. The molecule has 0 N–H and O–H groups in total. The number of para-hydroxylation sites is 3. The lowest BCUT2D eigenvalue weighted by Crippen LogP contribution is -2.54. The lowest BCUT2D eigenvalue weighted by Gasteiger charge is -2.30. The van der Waals surface area contributed by atoms with Gasteiger partial charge in [-0.05, 0) is 56.2 Å². The van der Waals surface area contributed by atoms with Crippen molar-refractivity contribution in [2.45, 2.75) is 25.8 Å². The summed E-state index contributed by atoms with van der Waals surface area (Å²) in [4.78, 5) is 11.6. The monoisotopic (exact) mass is 448 g/mol. The molecular formula is C26H28O5Si. The summed E-state index contributed by atoms with van der Waals surface area (Å²) in [5.41, 5.74) is 0.390. The number of unbranched alkanes of at least 4 members (excludes halogenated alkanes) is 1. The predicted molar refractivity (Wildman–Crippen MR) is 127 cm³/mol. The molecule has 0 radical (unpaired) electrons. The average Bonchev–Trinajstić information content (AvgIpc) is 2.80. The van der Waals surface area contributed by atoms with Crippen LogP contribution in [-0.4, -0.2) is 21.4 Å². The highest BCUT2D eigenvalue weighted by Crippen LogP contribution is 2.28. The van der Waals surface area contributed by atoms with Gasteiger partial charge in [0.25, 0.3) is 0 Å². The maximum atomic E-state index is 11.6. The minimum atomic E-state index is -3.28. The molecule has 3 aromatic carbocycles. The summed E-state index contributed by atoms with van der Waals surface area (Å²) in [6, 6.07) is 29.1. The van der Waals surface area contributed by atoms with Crippen molar-refractivity contribution in [3.63, 3.8) is 0 Å². The van der Waals surface area contributed by atoms with Crippen LogP contribution in [0.4, 0.5) is 0 Å². The SMILES string of the molecule is C=C(C)C(=O)OCCCC[Si](Oc1ccccc1)(Oc1ccccc1)Oc1ccccc1. The number of carbonyl (C=O) groups is 1. The predicted octanol–water partition coefficient (Wildman–Crippen LogP) is 6.06. The summed E-state index contributed by atoms with van der Waals surface area (Å²) < 4.78 is 24.6. The molecule has 0 atom stereocenters. The van der Waals surface area contributed by atoms with Gasteiger partial charge >= 0.3 is 14.8 Å². The highest BCUT2D eigenvalue weighted by molar-refractivity contribution is 6.63. The van der Waals surface area contributed by atoms with Gasteiger partial charge in [-0.25, -0.2) is 4.79 Å². The first-order valence-electron chi connectivity index (χ1n) is 10.6. The number of rotatable bonds is 12. The first-order chi connectivity index (χ1) is 15.6. The molecule has 0 saturated heterocycles. The van der Waals surface area contributed by atoms with Crippen LogP contribution in [-0.2, 0) is 9.53 Å². The third-order valence-corrected chi connectivity index (χ3v) is 7.11. The molecule has 0 unspecified atom stereocenters. The summed E-state index contributed by atoms with van der Waals surface area (Å²) in [7, 11) is -3.28. The van der Waals surface area contributed by atoms with Crippen molar-refractivity contribution in [2.24, 2.45) is 0 Å². The van der Waals surface area contributed by atoms with Crippen LogP contribution in [0.5, 0.6) is 17.2 Å². The van der Waals surface area contributed by atoms with Crippen LogP contribution in [0.25, 0.3) is 0 Å². The van der Waals surface area contributed by atoms with Crippen LogP contribution in [0.1, 0.15) is 19.8 Å². The quantitative estimate of drug-likeness (QED) is 0.146. The maximum absolute atomic E-state index is 11.6. The Labute approximate surface area is 190 Å². The van der Waals surface area contributed by atoms with Crippen molar-refractivity contribution in [3.8, 4) is 17.2 Å². The van der Waals surface area contributed by atoms with E-state index in [1.807, 2.05) is 91.0 Å². The van der Waals surface area contributed by atoms with E-state index in [0.29, 0.717) is 48.3 Å². The van der Waals surface area contributed by atoms with E-state index in [1.165, 1.54) is 0 Å². The van der Waals surface area contributed by atoms with Gasteiger partial charge in [-0.1, -0.05) is 61.2 Å². The smallest absolute Gasteiger partial charge is 0.483 e. The zero-order valence-electron chi connectivity index (χ0n) is 18.2. The van der Waals surface area contributed by atoms with Gasteiger partial charge in [-0.15, -0.1) is 0 Å². The molecule has 0 fully saturated rings. The molecule has 3 rings (SSSR count). The molecule has 32 heavy (non-hydrogen) atoms. The fraction of sp³-hybridized carbons (Fsp3) is 0.192. The lowest BCUT2D eigenvalue weighted by molar-refractivity contribution is -0.139. The van der Waals surface area contributed by atoms with Gasteiger partial charge < -0.3 is 18.0 Å². The summed E-state index contributed by atoms with van der Waals surface area (Å²) in [6.45, 7) is 5.54. The number of ether oxygens (including phenoxy) is 1. The Kier molecular flexibility index (Phi) is 8.51. The molecule has 0 heterocycles. The van der Waals surface area contributed by atoms with Crippen molar-refractivity contribution in [1.82, 2.24) is 0 Å². The second-order valence-electron chi connectivity index (χ2n) is 7.30. The molecule has 0 aliphatic heterocycles. The van der Waals surface area contributed by atoms with Crippen LogP contribution < -0.4 is 13.3 Å². The first kappa shape index (κ1) is 23.2. The Morgan fingerprint density at radius 1 is 0.719 bits per heavy atom. The van der Waals surface area contributed by atoms with Crippen molar-refractivity contribution in [3.05, 3.63) is 103 Å². The summed E-state index contributed by atoms with van der Waals surface area (Å²) in [5.74, 6) is 1.66. The molecule has 3 aromatic rings. The van der Waals surface area contributed by atoms with Gasteiger partial charge in [-0.3, -0.25) is 0 Å². The fourth-order valence-electron chi connectivity index (χ4n) is 2.95. The van der Waals surface area contributed by atoms with Gasteiger partial charge in [0.1, 0.15) is 17.2 Å². The van der Waals surface area contributed by atoms with Gasteiger partial charge in [-0.2, -0.15) is 0 Å². The summed E-state index contributed by atoms with van der Waals surface area (Å²) in [6.07, 6.45) is 1.35. The first-order valence-corrected chi connectivity index (χ1v) is 12.5. The highest BCUT2D eigenvalue weighted by Gasteiger charge is 2.48. The van der Waals surface area contributed by atoms with E-state index in [-0.39, 0.29) is 5.97 Å². The molecule has 0 aliphatic carbocycles. The zero-order valence-corrected chi connectivity index (χ0v) is 19.2. The van der Waals surface area contributed by atoms with Crippen molar-refractivity contribution < 1.29 is 22.8 Å². The van der Waals surface area contributed by atoms with Crippen LogP contribution in [0.3, 0.4) is 0 Å². The Balaban J connectivity index is 1.81. The van der Waals surface area contributed by atoms with Crippen molar-refractivity contribution in [1.29, 1.82) is 0 Å². The molecule has 0 aliphatic rings. The van der Waals surface area contributed by atoms with E-state index < -0.39 is 8.80 Å². The van der Waals surface area contributed by atoms with Gasteiger partial charge in [0, 0.05) is 5.57 Å². The molecule has 0 aromatic heterocycles. The molecule has 5 nitrogen and oxygen atoms in total. The van der Waals surface area contributed by atoms with Crippen molar-refractivity contribution in [2.75, 3.05) is 6.61 Å². The highest BCUT2D eigenvalue weighted by atomic mass is 28.4. The molecule has 166 valence electrons. The van der Waals surface area contributed by atoms with Crippen LogP contribution in [0.2, 0.25) is 6.04 Å². The number of benzene rings is 3. The standard InChI is InChI=1S/C26H28O5Si/c1-22(2)26(27)28-20-12-13-21-32(29-23-14-6-3-7-15-23,30-24-16-8-4-9-17-24)31-25-18-10-5-11-19-25/h3-11,14-19H,1,12-13,20-21H2,2H3. The normalized spacial score (nSPS) is 10.8. The fourth-order valence-corrected chi connectivity index (χ4v) is 5.55. The van der Waals surface area contributed by atoms with E-state index in [4.69, 9.17) is 18.0 Å². The number of esters is 1. The Morgan fingerprint density at radius 3 is 1.50 bits per heavy atom. The molecule has 0 spiro atoms. The third-order valence-electron chi connectivity index (χ3n) is 4.51. The minimum Gasteiger partial charge on any atom is -0.483 e. The Bertz CT molecular complexity index is 875. The van der Waals surface area contributed by atoms with E-state index in [9.17, 15) is 4.79 Å². The van der Waals surface area contributed by atoms with Gasteiger partial charge in [0.2, 0.25) is 0 Å². The zero-order chi connectivity index (χ0) is 22.7. The van der Waals surface area contributed by atoms with Crippen LogP contribution >= 0.6 is 0 Å². The second kappa shape index (κ2) is 11.8. The molecule has 0 amide bonds. The maximum Gasteiger partial charge on any atom is 0.699 e. The molecule has 0 bridgehead atoms. The van der Waals surface area contributed by atoms with Crippen LogP contribution in [0, 0.1) is 0 Å². The lowest BCUT2D eigenvalue weighted by atomic mass is 10.3. The number of hydrogen-bond acceptors (Lipinski definition) is 5. The minimum absolute atomic E-state index is 0.304.